The summed E-state index contributed by atoms with van der Waals surface area (Å²) < 4.78 is 5.38. The lowest BCUT2D eigenvalue weighted by Crippen LogP contribution is -2.37. The molecule has 0 N–H and O–H groups in total. The van der Waals surface area contributed by atoms with E-state index >= 15 is 0 Å². The van der Waals surface area contributed by atoms with E-state index in [2.05, 4.69) is 0 Å². The number of thiophene rings is 1. The second-order valence-electron chi connectivity index (χ2n) is 8.07. The highest BCUT2D eigenvalue weighted by atomic mass is 32.1. The van der Waals surface area contributed by atoms with Gasteiger partial charge in [-0.05, 0) is 61.6 Å². The molecule has 0 aromatic carbocycles. The summed E-state index contributed by atoms with van der Waals surface area (Å²) in [6, 6.07) is 11.4. The van der Waals surface area contributed by atoms with Gasteiger partial charge in [0.15, 0.2) is 0 Å². The van der Waals surface area contributed by atoms with Gasteiger partial charge >= 0.3 is 0 Å². The third kappa shape index (κ3) is 5.16. The van der Waals surface area contributed by atoms with Gasteiger partial charge in [-0.15, -0.1) is 11.3 Å². The molecule has 0 atom stereocenters. The first kappa shape index (κ1) is 22.0. The Morgan fingerprint density at radius 1 is 1.22 bits per heavy atom. The van der Waals surface area contributed by atoms with Gasteiger partial charge in [-0.3, -0.25) is 14.6 Å². The molecule has 4 rings (SSSR count). The molecule has 3 aromatic rings. The van der Waals surface area contributed by atoms with Gasteiger partial charge in [0.2, 0.25) is 5.91 Å². The van der Waals surface area contributed by atoms with Crippen molar-refractivity contribution in [1.82, 2.24) is 14.8 Å². The highest BCUT2D eigenvalue weighted by molar-refractivity contribution is 7.10. The zero-order valence-corrected chi connectivity index (χ0v) is 19.2. The SMILES string of the molecule is Cc1ccc(C(=O)N(C)Cc2ccco2)c(C2CCN(C(=O)/C=C/c3cccs3)CC2)n1. The molecule has 1 aliphatic heterocycles. The Bertz CT molecular complexity index is 1080. The highest BCUT2D eigenvalue weighted by Crippen LogP contribution is 2.30. The Morgan fingerprint density at radius 2 is 2.03 bits per heavy atom. The van der Waals surface area contributed by atoms with Gasteiger partial charge in [-0.1, -0.05) is 6.07 Å². The number of pyridine rings is 1. The minimum Gasteiger partial charge on any atom is -0.467 e. The number of furan rings is 1. The van der Waals surface area contributed by atoms with Crippen molar-refractivity contribution in [3.8, 4) is 0 Å². The van der Waals surface area contributed by atoms with Crippen LogP contribution in [0.1, 0.15) is 51.1 Å². The molecule has 3 aromatic heterocycles. The minimum absolute atomic E-state index is 0.0310. The molecule has 0 unspecified atom stereocenters. The van der Waals surface area contributed by atoms with E-state index in [4.69, 9.17) is 9.40 Å². The first-order valence-corrected chi connectivity index (χ1v) is 11.6. The van der Waals surface area contributed by atoms with Crippen LogP contribution in [-0.2, 0) is 11.3 Å². The largest absolute Gasteiger partial charge is 0.467 e. The zero-order chi connectivity index (χ0) is 22.5. The van der Waals surface area contributed by atoms with E-state index in [1.54, 1.807) is 35.6 Å². The Morgan fingerprint density at radius 3 is 2.72 bits per heavy atom. The molecule has 1 aliphatic rings. The fourth-order valence-electron chi connectivity index (χ4n) is 4.00. The molecule has 0 aliphatic carbocycles. The molecular formula is C25H27N3O3S. The number of nitrogens with zero attached hydrogens (tertiary/aromatic N) is 3. The number of likely N-dealkylation sites (tertiary alicyclic amines) is 1. The topological polar surface area (TPSA) is 66.7 Å². The van der Waals surface area contributed by atoms with E-state index in [1.807, 2.05) is 59.7 Å². The van der Waals surface area contributed by atoms with E-state index in [9.17, 15) is 9.59 Å². The van der Waals surface area contributed by atoms with Crippen LogP contribution < -0.4 is 0 Å². The Kier molecular flexibility index (Phi) is 6.85. The molecule has 166 valence electrons. The summed E-state index contributed by atoms with van der Waals surface area (Å²) in [5.74, 6) is 0.853. The molecule has 0 spiro atoms. The lowest BCUT2D eigenvalue weighted by atomic mass is 9.89. The molecule has 0 radical (unpaired) electrons. The van der Waals surface area contributed by atoms with Crippen LogP contribution >= 0.6 is 11.3 Å². The Balaban J connectivity index is 1.43. The first-order valence-electron chi connectivity index (χ1n) is 10.8. The fourth-order valence-corrected chi connectivity index (χ4v) is 4.62. The molecule has 1 fully saturated rings. The van der Waals surface area contributed by atoms with Crippen LogP contribution in [0.2, 0.25) is 0 Å². The van der Waals surface area contributed by atoms with Crippen LogP contribution in [0.25, 0.3) is 6.08 Å². The summed E-state index contributed by atoms with van der Waals surface area (Å²) in [5.41, 5.74) is 2.36. The number of amides is 2. The summed E-state index contributed by atoms with van der Waals surface area (Å²) in [4.78, 5) is 35.1. The summed E-state index contributed by atoms with van der Waals surface area (Å²) >= 11 is 1.61. The van der Waals surface area contributed by atoms with Crippen molar-refractivity contribution in [3.05, 3.63) is 81.7 Å². The predicted molar refractivity (Wildman–Crippen MR) is 125 cm³/mol. The number of hydrogen-bond acceptors (Lipinski definition) is 5. The standard InChI is InChI=1S/C25H27N3O3S/c1-18-7-9-22(25(30)27(2)17-20-5-3-15-31-20)24(26-18)19-11-13-28(14-12-19)23(29)10-8-21-6-4-16-32-21/h3-10,15-16,19H,11-14,17H2,1-2H3/b10-8+. The van der Waals surface area contributed by atoms with Crippen molar-refractivity contribution in [2.75, 3.05) is 20.1 Å². The van der Waals surface area contributed by atoms with Gasteiger partial charge in [0, 0.05) is 42.7 Å². The Hall–Kier alpha value is -3.19. The first-order chi connectivity index (χ1) is 15.5. The lowest BCUT2D eigenvalue weighted by molar-refractivity contribution is -0.127. The maximum atomic E-state index is 13.2. The third-order valence-corrected chi connectivity index (χ3v) is 6.58. The van der Waals surface area contributed by atoms with Gasteiger partial charge in [0.25, 0.3) is 5.91 Å². The van der Waals surface area contributed by atoms with E-state index in [0.717, 1.165) is 34.9 Å². The van der Waals surface area contributed by atoms with E-state index < -0.39 is 0 Å². The van der Waals surface area contributed by atoms with Crippen LogP contribution in [0.3, 0.4) is 0 Å². The van der Waals surface area contributed by atoms with Crippen LogP contribution in [0, 0.1) is 6.92 Å². The maximum absolute atomic E-state index is 13.2. The normalized spacial score (nSPS) is 14.8. The predicted octanol–water partition coefficient (Wildman–Crippen LogP) is 4.74. The van der Waals surface area contributed by atoms with Gasteiger partial charge in [0.1, 0.15) is 5.76 Å². The van der Waals surface area contributed by atoms with Crippen LogP contribution in [0.5, 0.6) is 0 Å². The highest BCUT2D eigenvalue weighted by Gasteiger charge is 2.28. The van der Waals surface area contributed by atoms with Crippen LogP contribution in [-0.4, -0.2) is 46.7 Å². The van der Waals surface area contributed by atoms with E-state index in [-0.39, 0.29) is 17.7 Å². The molecule has 7 heteroatoms. The summed E-state index contributed by atoms with van der Waals surface area (Å²) in [5, 5.41) is 2.00. The van der Waals surface area contributed by atoms with Crippen molar-refractivity contribution in [2.45, 2.75) is 32.2 Å². The van der Waals surface area contributed by atoms with Gasteiger partial charge in [0.05, 0.1) is 24.1 Å². The van der Waals surface area contributed by atoms with Crippen molar-refractivity contribution in [1.29, 1.82) is 0 Å². The van der Waals surface area contributed by atoms with E-state index in [1.165, 1.54) is 0 Å². The number of aryl methyl sites for hydroxylation is 1. The maximum Gasteiger partial charge on any atom is 0.255 e. The number of aromatic nitrogens is 1. The fraction of sp³-hybridized carbons (Fsp3) is 0.320. The molecule has 32 heavy (non-hydrogen) atoms. The van der Waals surface area contributed by atoms with Gasteiger partial charge < -0.3 is 14.2 Å². The van der Waals surface area contributed by atoms with Crippen molar-refractivity contribution < 1.29 is 14.0 Å². The summed E-state index contributed by atoms with van der Waals surface area (Å²) in [6.45, 7) is 3.66. The molecular weight excluding hydrogens is 422 g/mol. The molecule has 0 bridgehead atoms. The number of carbonyl (C=O) groups excluding carboxylic acids is 2. The number of carbonyl (C=O) groups is 2. The second-order valence-corrected chi connectivity index (χ2v) is 9.05. The molecule has 2 amide bonds. The molecule has 1 saturated heterocycles. The number of piperidine rings is 1. The van der Waals surface area contributed by atoms with Crippen molar-refractivity contribution in [2.24, 2.45) is 0 Å². The molecule has 6 nitrogen and oxygen atoms in total. The van der Waals surface area contributed by atoms with Crippen molar-refractivity contribution >= 4 is 29.2 Å². The number of hydrogen-bond donors (Lipinski definition) is 0. The molecule has 0 saturated carbocycles. The van der Waals surface area contributed by atoms with Crippen LogP contribution in [0.4, 0.5) is 0 Å². The van der Waals surface area contributed by atoms with Gasteiger partial charge in [-0.25, -0.2) is 0 Å². The van der Waals surface area contributed by atoms with Crippen molar-refractivity contribution in [3.63, 3.8) is 0 Å². The minimum atomic E-state index is -0.0683. The average molecular weight is 450 g/mol. The Labute approximate surface area is 192 Å². The zero-order valence-electron chi connectivity index (χ0n) is 18.4. The third-order valence-electron chi connectivity index (χ3n) is 5.74. The quantitative estimate of drug-likeness (QED) is 0.510. The monoisotopic (exact) mass is 449 g/mol. The van der Waals surface area contributed by atoms with Crippen LogP contribution in [0.15, 0.2) is 58.5 Å². The summed E-state index contributed by atoms with van der Waals surface area (Å²) in [7, 11) is 1.77. The average Bonchev–Trinajstić information content (AvgIpc) is 3.51. The smallest absolute Gasteiger partial charge is 0.255 e. The number of rotatable bonds is 6. The lowest BCUT2D eigenvalue weighted by Gasteiger charge is -2.32. The molecule has 4 heterocycles. The summed E-state index contributed by atoms with van der Waals surface area (Å²) in [6.07, 6.45) is 6.70. The van der Waals surface area contributed by atoms with Gasteiger partial charge in [-0.2, -0.15) is 0 Å². The van der Waals surface area contributed by atoms with E-state index in [0.29, 0.717) is 25.2 Å². The second kappa shape index (κ2) is 9.96.